The SMILES string of the molecule is COc1ccc(C(CNC(=O)Cn2c(=O)cnc3ccccc32)N2CCCCC2)cc1. The molecule has 1 N–H and O–H groups in total. The Morgan fingerprint density at radius 3 is 2.58 bits per heavy atom. The Labute approximate surface area is 181 Å². The first-order chi connectivity index (χ1) is 15.2. The van der Waals surface area contributed by atoms with Gasteiger partial charge in [0.1, 0.15) is 12.3 Å². The molecule has 2 aromatic carbocycles. The number of carbonyl (C=O) groups excluding carboxylic acids is 1. The average Bonchev–Trinajstić information content (AvgIpc) is 2.82. The number of ether oxygens (including phenoxy) is 1. The zero-order valence-corrected chi connectivity index (χ0v) is 17.8. The van der Waals surface area contributed by atoms with Crippen molar-refractivity contribution in [1.29, 1.82) is 0 Å². The molecule has 7 heteroatoms. The monoisotopic (exact) mass is 420 g/mol. The molecule has 31 heavy (non-hydrogen) atoms. The normalized spacial score (nSPS) is 15.5. The average molecular weight is 421 g/mol. The van der Waals surface area contributed by atoms with Gasteiger partial charge in [-0.3, -0.25) is 19.1 Å². The van der Waals surface area contributed by atoms with E-state index in [1.807, 2.05) is 36.4 Å². The Bertz CT molecular complexity index is 1090. The first-order valence-electron chi connectivity index (χ1n) is 10.7. The Balaban J connectivity index is 1.49. The number of likely N-dealkylation sites (tertiary alicyclic amines) is 1. The van der Waals surface area contributed by atoms with Gasteiger partial charge >= 0.3 is 0 Å². The van der Waals surface area contributed by atoms with Crippen LogP contribution in [0.2, 0.25) is 0 Å². The molecule has 4 rings (SSSR count). The van der Waals surface area contributed by atoms with Crippen molar-refractivity contribution in [2.45, 2.75) is 31.8 Å². The van der Waals surface area contributed by atoms with Crippen LogP contribution in [0.25, 0.3) is 11.0 Å². The van der Waals surface area contributed by atoms with Crippen molar-refractivity contribution in [3.05, 3.63) is 70.6 Å². The maximum atomic E-state index is 12.8. The number of hydrogen-bond donors (Lipinski definition) is 1. The van der Waals surface area contributed by atoms with Crippen LogP contribution in [-0.4, -0.2) is 47.1 Å². The summed E-state index contributed by atoms with van der Waals surface area (Å²) in [4.78, 5) is 31.7. The highest BCUT2D eigenvalue weighted by Gasteiger charge is 2.23. The van der Waals surface area contributed by atoms with Crippen molar-refractivity contribution in [3.63, 3.8) is 0 Å². The lowest BCUT2D eigenvalue weighted by molar-refractivity contribution is -0.121. The standard InChI is InChI=1S/C24H28N4O3/c1-31-19-11-9-18(10-12-19)22(27-13-5-2-6-14-27)15-26-23(29)17-28-21-8-4-3-7-20(21)25-16-24(28)30/h3-4,7-12,16,22H,2,5-6,13-15,17H2,1H3,(H,26,29). The second-order valence-electron chi connectivity index (χ2n) is 7.86. The quantitative estimate of drug-likeness (QED) is 0.636. The molecule has 0 radical (unpaired) electrons. The molecule has 1 aliphatic rings. The Hall–Kier alpha value is -3.19. The van der Waals surface area contributed by atoms with Crippen LogP contribution in [0.1, 0.15) is 30.9 Å². The van der Waals surface area contributed by atoms with Crippen LogP contribution in [0.15, 0.2) is 59.5 Å². The van der Waals surface area contributed by atoms with Crippen LogP contribution >= 0.6 is 0 Å². The van der Waals surface area contributed by atoms with Crippen molar-refractivity contribution in [2.75, 3.05) is 26.7 Å². The predicted octanol–water partition coefficient (Wildman–Crippen LogP) is 2.75. The highest BCUT2D eigenvalue weighted by atomic mass is 16.5. The van der Waals surface area contributed by atoms with Crippen LogP contribution in [0, 0.1) is 0 Å². The zero-order chi connectivity index (χ0) is 21.6. The van der Waals surface area contributed by atoms with Gasteiger partial charge in [0.2, 0.25) is 5.91 Å². The molecule has 1 aliphatic heterocycles. The van der Waals surface area contributed by atoms with Crippen LogP contribution in [0.4, 0.5) is 0 Å². The zero-order valence-electron chi connectivity index (χ0n) is 17.8. The van der Waals surface area contributed by atoms with Gasteiger partial charge in [0.15, 0.2) is 0 Å². The maximum absolute atomic E-state index is 12.8. The minimum absolute atomic E-state index is 0.0306. The summed E-state index contributed by atoms with van der Waals surface area (Å²) in [5.41, 5.74) is 2.22. The van der Waals surface area contributed by atoms with Gasteiger partial charge in [-0.25, -0.2) is 4.98 Å². The molecule has 1 saturated heterocycles. The van der Waals surface area contributed by atoms with Gasteiger partial charge in [0.25, 0.3) is 5.56 Å². The number of nitrogens with one attached hydrogen (secondary N) is 1. The van der Waals surface area contributed by atoms with E-state index in [9.17, 15) is 9.59 Å². The van der Waals surface area contributed by atoms with E-state index in [1.54, 1.807) is 7.11 Å². The molecule has 162 valence electrons. The fourth-order valence-electron chi connectivity index (χ4n) is 4.20. The van der Waals surface area contributed by atoms with E-state index in [0.29, 0.717) is 17.6 Å². The number of fused-ring (bicyclic) bond motifs is 1. The number of para-hydroxylation sites is 2. The summed E-state index contributed by atoms with van der Waals surface area (Å²) >= 11 is 0. The number of nitrogens with zero attached hydrogens (tertiary/aromatic N) is 3. The van der Waals surface area contributed by atoms with Crippen molar-refractivity contribution in [2.24, 2.45) is 0 Å². The minimum Gasteiger partial charge on any atom is -0.497 e. The summed E-state index contributed by atoms with van der Waals surface area (Å²) in [6.07, 6.45) is 4.84. The molecule has 0 aliphatic carbocycles. The molecule has 2 heterocycles. The molecule has 7 nitrogen and oxygen atoms in total. The second kappa shape index (κ2) is 9.75. The number of aromatic nitrogens is 2. The molecule has 0 spiro atoms. The van der Waals surface area contributed by atoms with E-state index in [4.69, 9.17) is 4.74 Å². The smallest absolute Gasteiger partial charge is 0.269 e. The van der Waals surface area contributed by atoms with Crippen molar-refractivity contribution in [1.82, 2.24) is 19.8 Å². The van der Waals surface area contributed by atoms with Gasteiger partial charge in [0.05, 0.1) is 30.4 Å². The van der Waals surface area contributed by atoms with Gasteiger partial charge in [-0.15, -0.1) is 0 Å². The largest absolute Gasteiger partial charge is 0.497 e. The molecule has 3 aromatic rings. The Kier molecular flexibility index (Phi) is 6.62. The lowest BCUT2D eigenvalue weighted by atomic mass is 10.0. The van der Waals surface area contributed by atoms with Gasteiger partial charge in [-0.2, -0.15) is 0 Å². The summed E-state index contributed by atoms with van der Waals surface area (Å²) in [5, 5.41) is 3.06. The summed E-state index contributed by atoms with van der Waals surface area (Å²) in [6, 6.07) is 15.5. The molecule has 0 bridgehead atoms. The van der Waals surface area contributed by atoms with Crippen molar-refractivity contribution < 1.29 is 9.53 Å². The first-order valence-corrected chi connectivity index (χ1v) is 10.7. The fourth-order valence-corrected chi connectivity index (χ4v) is 4.20. The van der Waals surface area contributed by atoms with E-state index in [1.165, 1.54) is 30.0 Å². The van der Waals surface area contributed by atoms with Crippen molar-refractivity contribution >= 4 is 16.9 Å². The van der Waals surface area contributed by atoms with Crippen molar-refractivity contribution in [3.8, 4) is 5.75 Å². The lowest BCUT2D eigenvalue weighted by Crippen LogP contribution is -2.42. The molecule has 0 saturated carbocycles. The Morgan fingerprint density at radius 2 is 1.84 bits per heavy atom. The fraction of sp³-hybridized carbons (Fsp3) is 0.375. The van der Waals surface area contributed by atoms with Gasteiger partial charge in [-0.05, 0) is 55.8 Å². The Morgan fingerprint density at radius 1 is 1.10 bits per heavy atom. The first kappa shape index (κ1) is 21.1. The number of piperidine rings is 1. The highest BCUT2D eigenvalue weighted by Crippen LogP contribution is 2.26. The topological polar surface area (TPSA) is 76.5 Å². The number of carbonyl (C=O) groups is 1. The molecule has 1 amide bonds. The predicted molar refractivity (Wildman–Crippen MR) is 120 cm³/mol. The van der Waals surface area contributed by atoms with Crippen LogP contribution < -0.4 is 15.6 Å². The van der Waals surface area contributed by atoms with E-state index in [-0.39, 0.29) is 24.1 Å². The molecular weight excluding hydrogens is 392 g/mol. The van der Waals surface area contributed by atoms with Crippen LogP contribution in [0.5, 0.6) is 5.75 Å². The third-order valence-electron chi connectivity index (χ3n) is 5.88. The molecule has 1 unspecified atom stereocenters. The summed E-state index contributed by atoms with van der Waals surface area (Å²) in [6.45, 7) is 2.49. The molecule has 1 aromatic heterocycles. The summed E-state index contributed by atoms with van der Waals surface area (Å²) in [5.74, 6) is 0.628. The third-order valence-corrected chi connectivity index (χ3v) is 5.88. The van der Waals surface area contributed by atoms with E-state index < -0.39 is 0 Å². The van der Waals surface area contributed by atoms with E-state index in [2.05, 4.69) is 27.3 Å². The van der Waals surface area contributed by atoms with Crippen LogP contribution in [-0.2, 0) is 11.3 Å². The maximum Gasteiger partial charge on any atom is 0.269 e. The highest BCUT2D eigenvalue weighted by molar-refractivity contribution is 5.80. The third kappa shape index (κ3) is 4.94. The molecule has 1 atom stereocenters. The minimum atomic E-state index is -0.281. The van der Waals surface area contributed by atoms with Crippen LogP contribution in [0.3, 0.4) is 0 Å². The van der Waals surface area contributed by atoms with Gasteiger partial charge in [-0.1, -0.05) is 30.7 Å². The number of hydrogen-bond acceptors (Lipinski definition) is 5. The number of amides is 1. The van der Waals surface area contributed by atoms with Gasteiger partial charge < -0.3 is 10.1 Å². The number of rotatable bonds is 7. The number of benzene rings is 2. The molecular formula is C24H28N4O3. The lowest BCUT2D eigenvalue weighted by Gasteiger charge is -2.35. The van der Waals surface area contributed by atoms with E-state index in [0.717, 1.165) is 24.4 Å². The van der Waals surface area contributed by atoms with Gasteiger partial charge in [0, 0.05) is 6.54 Å². The van der Waals surface area contributed by atoms with E-state index >= 15 is 0 Å². The summed E-state index contributed by atoms with van der Waals surface area (Å²) in [7, 11) is 1.65. The number of methoxy groups -OCH3 is 1. The molecule has 1 fully saturated rings. The summed E-state index contributed by atoms with van der Waals surface area (Å²) < 4.78 is 6.76. The second-order valence-corrected chi connectivity index (χ2v) is 7.86.